The van der Waals surface area contributed by atoms with Gasteiger partial charge in [0.2, 0.25) is 5.91 Å². The first-order valence-electron chi connectivity index (χ1n) is 10.7. The van der Waals surface area contributed by atoms with Crippen LogP contribution in [0.1, 0.15) is 40.6 Å². The van der Waals surface area contributed by atoms with Gasteiger partial charge in [-0.05, 0) is 38.3 Å². The van der Waals surface area contributed by atoms with Gasteiger partial charge in [0, 0.05) is 31.1 Å². The van der Waals surface area contributed by atoms with E-state index < -0.39 is 0 Å². The molecule has 4 rings (SSSR count). The molecule has 0 atom stereocenters. The molecule has 8 nitrogen and oxygen atoms in total. The lowest BCUT2D eigenvalue weighted by molar-refractivity contribution is -0.126. The molecule has 3 aromatic rings. The standard InChI is InChI=1S/C23H26N4O4S/c1-3-31-17-7-5-4-6-16(17)12-24-20(28)15-8-10-27(11-9-15)23(30)19-14(2)18-21(29)25-13-26-22(18)32-19/h4-7,13,15H,3,8-12H2,1-2H3,(H,24,28)(H,25,26,29). The molecule has 32 heavy (non-hydrogen) atoms. The van der Waals surface area contributed by atoms with E-state index in [1.54, 1.807) is 11.8 Å². The Morgan fingerprint density at radius 3 is 2.75 bits per heavy atom. The van der Waals surface area contributed by atoms with E-state index in [9.17, 15) is 14.4 Å². The van der Waals surface area contributed by atoms with Gasteiger partial charge in [0.05, 0.1) is 23.2 Å². The number of aromatic amines is 1. The number of rotatable bonds is 6. The van der Waals surface area contributed by atoms with Gasteiger partial charge in [0.1, 0.15) is 10.6 Å². The summed E-state index contributed by atoms with van der Waals surface area (Å²) in [5.74, 6) is 0.542. The molecule has 0 aliphatic carbocycles. The number of para-hydroxylation sites is 1. The molecule has 1 fully saturated rings. The highest BCUT2D eigenvalue weighted by atomic mass is 32.1. The van der Waals surface area contributed by atoms with Gasteiger partial charge in [-0.3, -0.25) is 14.4 Å². The summed E-state index contributed by atoms with van der Waals surface area (Å²) in [5.41, 5.74) is 1.38. The lowest BCUT2D eigenvalue weighted by atomic mass is 9.95. The van der Waals surface area contributed by atoms with Crippen molar-refractivity contribution in [2.24, 2.45) is 5.92 Å². The van der Waals surface area contributed by atoms with Gasteiger partial charge in [0.15, 0.2) is 0 Å². The molecule has 0 bridgehead atoms. The van der Waals surface area contributed by atoms with Crippen LogP contribution in [0.4, 0.5) is 0 Å². The summed E-state index contributed by atoms with van der Waals surface area (Å²) in [4.78, 5) is 47.5. The molecule has 168 valence electrons. The molecule has 2 amide bonds. The first-order chi connectivity index (χ1) is 15.5. The molecular formula is C23H26N4O4S. The number of thiophene rings is 1. The number of amides is 2. The Hall–Kier alpha value is -3.20. The zero-order chi connectivity index (χ0) is 22.7. The predicted octanol–water partition coefficient (Wildman–Crippen LogP) is 2.86. The van der Waals surface area contributed by atoms with E-state index in [1.807, 2.05) is 31.2 Å². The molecule has 2 N–H and O–H groups in total. The number of aryl methyl sites for hydroxylation is 1. The van der Waals surface area contributed by atoms with Crippen molar-refractivity contribution in [3.63, 3.8) is 0 Å². The average Bonchev–Trinajstić information content (AvgIpc) is 3.15. The molecule has 1 aromatic carbocycles. The number of carbonyl (C=O) groups is 2. The topological polar surface area (TPSA) is 104 Å². The number of carbonyl (C=O) groups excluding carboxylic acids is 2. The smallest absolute Gasteiger partial charge is 0.264 e. The van der Waals surface area contributed by atoms with Gasteiger partial charge >= 0.3 is 0 Å². The summed E-state index contributed by atoms with van der Waals surface area (Å²) in [7, 11) is 0. The third-order valence-electron chi connectivity index (χ3n) is 5.81. The van der Waals surface area contributed by atoms with Crippen LogP contribution in [0.5, 0.6) is 5.75 Å². The number of nitrogens with zero attached hydrogens (tertiary/aromatic N) is 2. The van der Waals surface area contributed by atoms with Crippen LogP contribution < -0.4 is 15.6 Å². The van der Waals surface area contributed by atoms with Crippen LogP contribution >= 0.6 is 11.3 Å². The number of piperidine rings is 1. The number of ether oxygens (including phenoxy) is 1. The highest BCUT2D eigenvalue weighted by Gasteiger charge is 2.30. The van der Waals surface area contributed by atoms with E-state index in [4.69, 9.17) is 4.74 Å². The Bertz CT molecular complexity index is 1190. The maximum atomic E-state index is 13.1. The normalized spacial score (nSPS) is 14.5. The number of fused-ring (bicyclic) bond motifs is 1. The van der Waals surface area contributed by atoms with E-state index in [2.05, 4.69) is 15.3 Å². The van der Waals surface area contributed by atoms with E-state index in [1.165, 1.54) is 17.7 Å². The summed E-state index contributed by atoms with van der Waals surface area (Å²) < 4.78 is 5.62. The molecule has 0 saturated carbocycles. The Morgan fingerprint density at radius 1 is 1.28 bits per heavy atom. The van der Waals surface area contributed by atoms with Crippen LogP contribution in [0, 0.1) is 12.8 Å². The quantitative estimate of drug-likeness (QED) is 0.596. The zero-order valence-corrected chi connectivity index (χ0v) is 19.0. The van der Waals surface area contributed by atoms with E-state index in [-0.39, 0.29) is 23.3 Å². The number of benzene rings is 1. The Balaban J connectivity index is 1.36. The van der Waals surface area contributed by atoms with E-state index >= 15 is 0 Å². The van der Waals surface area contributed by atoms with Gasteiger partial charge in [-0.15, -0.1) is 11.3 Å². The molecule has 1 saturated heterocycles. The van der Waals surface area contributed by atoms with Crippen LogP contribution in [0.3, 0.4) is 0 Å². The molecule has 0 spiro atoms. The molecule has 2 aromatic heterocycles. The number of H-pyrrole nitrogens is 1. The van der Waals surface area contributed by atoms with Crippen LogP contribution in [-0.4, -0.2) is 46.4 Å². The van der Waals surface area contributed by atoms with Gasteiger partial charge in [-0.2, -0.15) is 0 Å². The van der Waals surface area contributed by atoms with Gasteiger partial charge in [0.25, 0.3) is 11.5 Å². The number of hydrogen-bond acceptors (Lipinski definition) is 6. The van der Waals surface area contributed by atoms with Crippen molar-refractivity contribution in [3.8, 4) is 5.75 Å². The Morgan fingerprint density at radius 2 is 2.03 bits per heavy atom. The second-order valence-corrected chi connectivity index (χ2v) is 8.79. The molecule has 1 aliphatic heterocycles. The summed E-state index contributed by atoms with van der Waals surface area (Å²) in [6.45, 7) is 5.70. The minimum Gasteiger partial charge on any atom is -0.494 e. The lowest BCUT2D eigenvalue weighted by Gasteiger charge is -2.31. The highest BCUT2D eigenvalue weighted by Crippen LogP contribution is 2.29. The van der Waals surface area contributed by atoms with Crippen molar-refractivity contribution < 1.29 is 14.3 Å². The fourth-order valence-corrected chi connectivity index (χ4v) is 5.16. The number of nitrogens with one attached hydrogen (secondary N) is 2. The average molecular weight is 455 g/mol. The summed E-state index contributed by atoms with van der Waals surface area (Å²) in [5, 5.41) is 3.48. The third kappa shape index (κ3) is 4.38. The molecule has 0 radical (unpaired) electrons. The van der Waals surface area contributed by atoms with Crippen molar-refractivity contribution in [2.75, 3.05) is 19.7 Å². The molecule has 9 heteroatoms. The highest BCUT2D eigenvalue weighted by molar-refractivity contribution is 7.20. The zero-order valence-electron chi connectivity index (χ0n) is 18.1. The Labute approximate surface area is 189 Å². The van der Waals surface area contributed by atoms with Gasteiger partial charge in [-0.25, -0.2) is 4.98 Å². The summed E-state index contributed by atoms with van der Waals surface area (Å²) in [6, 6.07) is 7.68. The first-order valence-corrected chi connectivity index (χ1v) is 11.6. The molecule has 0 unspecified atom stereocenters. The third-order valence-corrected chi connectivity index (χ3v) is 6.99. The largest absolute Gasteiger partial charge is 0.494 e. The minimum atomic E-state index is -0.232. The second-order valence-electron chi connectivity index (χ2n) is 7.79. The summed E-state index contributed by atoms with van der Waals surface area (Å²) in [6.07, 6.45) is 2.56. The predicted molar refractivity (Wildman–Crippen MR) is 123 cm³/mol. The van der Waals surface area contributed by atoms with E-state index in [0.717, 1.165) is 11.3 Å². The van der Waals surface area contributed by atoms with Crippen LogP contribution in [-0.2, 0) is 11.3 Å². The minimum absolute atomic E-state index is 0.00261. The van der Waals surface area contributed by atoms with Crippen molar-refractivity contribution >= 4 is 33.4 Å². The van der Waals surface area contributed by atoms with Crippen molar-refractivity contribution in [3.05, 3.63) is 57.0 Å². The van der Waals surface area contributed by atoms with Crippen LogP contribution in [0.25, 0.3) is 10.2 Å². The summed E-state index contributed by atoms with van der Waals surface area (Å²) >= 11 is 1.24. The van der Waals surface area contributed by atoms with Crippen molar-refractivity contribution in [1.29, 1.82) is 0 Å². The van der Waals surface area contributed by atoms with Gasteiger partial charge < -0.3 is 19.9 Å². The van der Waals surface area contributed by atoms with Gasteiger partial charge in [-0.1, -0.05) is 18.2 Å². The van der Waals surface area contributed by atoms with Crippen LogP contribution in [0.15, 0.2) is 35.4 Å². The molecular weight excluding hydrogens is 428 g/mol. The van der Waals surface area contributed by atoms with Crippen LogP contribution in [0.2, 0.25) is 0 Å². The maximum Gasteiger partial charge on any atom is 0.264 e. The van der Waals surface area contributed by atoms with Crippen molar-refractivity contribution in [1.82, 2.24) is 20.2 Å². The fourth-order valence-electron chi connectivity index (χ4n) is 4.04. The monoisotopic (exact) mass is 454 g/mol. The van der Waals surface area contributed by atoms with E-state index in [0.29, 0.717) is 59.7 Å². The number of likely N-dealkylation sites (tertiary alicyclic amines) is 1. The maximum absolute atomic E-state index is 13.1. The molecule has 1 aliphatic rings. The first kappa shape index (κ1) is 22.0. The number of aromatic nitrogens is 2. The Kier molecular flexibility index (Phi) is 6.55. The fraction of sp³-hybridized carbons (Fsp3) is 0.391. The molecule has 3 heterocycles. The lowest BCUT2D eigenvalue weighted by Crippen LogP contribution is -2.42. The van der Waals surface area contributed by atoms with Crippen molar-refractivity contribution in [2.45, 2.75) is 33.2 Å². The number of hydrogen-bond donors (Lipinski definition) is 2. The second kappa shape index (κ2) is 9.52. The SMILES string of the molecule is CCOc1ccccc1CNC(=O)C1CCN(C(=O)c2sc3nc[nH]c(=O)c3c2C)CC1.